The quantitative estimate of drug-likeness (QED) is 0.235. The van der Waals surface area contributed by atoms with Crippen LogP contribution >= 0.6 is 0 Å². The molecule has 0 aliphatic heterocycles. The Balaban J connectivity index is 1.58. The van der Waals surface area contributed by atoms with Crippen LogP contribution in [-0.4, -0.2) is 28.6 Å². The number of fused-ring (bicyclic) bond motifs is 5. The second kappa shape index (κ2) is 10.5. The van der Waals surface area contributed by atoms with Crippen molar-refractivity contribution < 1.29 is 31.9 Å². The fourth-order valence-corrected chi connectivity index (χ4v) is 9.08. The molecule has 0 heterocycles. The third-order valence-corrected chi connectivity index (χ3v) is 11.3. The van der Waals surface area contributed by atoms with Crippen molar-refractivity contribution in [1.82, 2.24) is 0 Å². The van der Waals surface area contributed by atoms with Gasteiger partial charge in [-0.3, -0.25) is 4.79 Å². The van der Waals surface area contributed by atoms with Gasteiger partial charge >= 0.3 is 12.1 Å². The van der Waals surface area contributed by atoms with Crippen LogP contribution in [0.3, 0.4) is 0 Å². The molecule has 0 aromatic rings. The Kier molecular flexibility index (Phi) is 8.14. The molecule has 0 radical (unpaired) electrons. The minimum Gasteiger partial charge on any atom is -0.383 e. The second-order valence-corrected chi connectivity index (χ2v) is 13.1. The highest BCUT2D eigenvalue weighted by molar-refractivity contribution is 5.91. The van der Waals surface area contributed by atoms with Gasteiger partial charge in [0.2, 0.25) is 0 Å². The number of unbranched alkanes of at least 4 members (excludes halogenated alkanes) is 6. The maximum atomic E-state index is 14.9. The van der Waals surface area contributed by atoms with Gasteiger partial charge in [0.25, 0.3) is 0 Å². The fourth-order valence-electron chi connectivity index (χ4n) is 9.08. The summed E-state index contributed by atoms with van der Waals surface area (Å²) in [6.45, 7) is 3.64. The maximum Gasteiger partial charge on any atom is 0.456 e. The first-order valence-electron chi connectivity index (χ1n) is 14.5. The van der Waals surface area contributed by atoms with Crippen molar-refractivity contribution in [3.63, 3.8) is 0 Å². The molecule has 0 unspecified atom stereocenters. The number of hydrogen-bond acceptors (Lipinski definition) is 3. The van der Waals surface area contributed by atoms with Crippen molar-refractivity contribution in [2.24, 2.45) is 34.5 Å². The van der Waals surface area contributed by atoms with Gasteiger partial charge in [0.15, 0.2) is 5.78 Å². The van der Waals surface area contributed by atoms with E-state index in [0.29, 0.717) is 32.1 Å². The number of carbonyl (C=O) groups excluding carboxylic acids is 1. The Hall–Kier alpha value is -1.49. The van der Waals surface area contributed by atoms with Crippen molar-refractivity contribution in [2.75, 3.05) is 0 Å². The molecule has 214 valence electrons. The number of halogens is 5. The van der Waals surface area contributed by atoms with Crippen molar-refractivity contribution in [2.45, 2.75) is 128 Å². The second-order valence-electron chi connectivity index (χ2n) is 13.1. The Labute approximate surface area is 223 Å². The summed E-state index contributed by atoms with van der Waals surface area (Å²) in [4.78, 5) is 12.3. The number of nitriles is 1. The largest absolute Gasteiger partial charge is 0.456 e. The summed E-state index contributed by atoms with van der Waals surface area (Å²) in [5, 5.41) is 19.9. The number of aliphatic hydroxyl groups is 1. The maximum absolute atomic E-state index is 14.9. The van der Waals surface area contributed by atoms with Crippen LogP contribution in [-0.2, 0) is 4.79 Å². The van der Waals surface area contributed by atoms with E-state index in [-0.39, 0.29) is 41.8 Å². The van der Waals surface area contributed by atoms with E-state index in [1.165, 1.54) is 6.92 Å². The third kappa shape index (κ3) is 4.63. The highest BCUT2D eigenvalue weighted by atomic mass is 19.4. The van der Waals surface area contributed by atoms with Gasteiger partial charge in [0.05, 0.1) is 6.07 Å². The van der Waals surface area contributed by atoms with Crippen LogP contribution in [0, 0.1) is 45.8 Å². The number of nitrogens with zero attached hydrogens (tertiary/aromatic N) is 1. The highest BCUT2D eigenvalue weighted by Crippen LogP contribution is 2.72. The molecule has 3 saturated carbocycles. The minimum absolute atomic E-state index is 0.0437. The predicted octanol–water partition coefficient (Wildman–Crippen LogP) is 8.32. The first kappa shape index (κ1) is 29.5. The van der Waals surface area contributed by atoms with Crippen LogP contribution in [0.1, 0.15) is 110 Å². The molecule has 8 heteroatoms. The lowest BCUT2D eigenvalue weighted by Crippen LogP contribution is -2.66. The van der Waals surface area contributed by atoms with E-state index in [4.69, 9.17) is 5.26 Å². The van der Waals surface area contributed by atoms with Crippen LogP contribution in [0.5, 0.6) is 0 Å². The number of hydrogen-bond donors (Lipinski definition) is 1. The first-order chi connectivity index (χ1) is 17.7. The van der Waals surface area contributed by atoms with Crippen molar-refractivity contribution in [1.29, 1.82) is 5.26 Å². The van der Waals surface area contributed by atoms with Gasteiger partial charge in [0.1, 0.15) is 5.60 Å². The van der Waals surface area contributed by atoms with Gasteiger partial charge < -0.3 is 5.11 Å². The number of rotatable bonds is 9. The lowest BCUT2D eigenvalue weighted by molar-refractivity contribution is -0.364. The smallest absolute Gasteiger partial charge is 0.383 e. The summed E-state index contributed by atoms with van der Waals surface area (Å²) in [5.74, 6) is -5.28. The van der Waals surface area contributed by atoms with E-state index in [1.807, 2.05) is 0 Å². The van der Waals surface area contributed by atoms with E-state index in [9.17, 15) is 31.9 Å². The Morgan fingerprint density at radius 3 is 2.26 bits per heavy atom. The van der Waals surface area contributed by atoms with Crippen LogP contribution in [0.15, 0.2) is 11.6 Å². The predicted molar refractivity (Wildman–Crippen MR) is 134 cm³/mol. The molecule has 0 aromatic heterocycles. The Bertz CT molecular complexity index is 971. The zero-order chi connectivity index (χ0) is 28.0. The summed E-state index contributed by atoms with van der Waals surface area (Å²) in [5.41, 5.74) is -3.74. The van der Waals surface area contributed by atoms with Crippen LogP contribution in [0.25, 0.3) is 0 Å². The van der Waals surface area contributed by atoms with E-state index in [0.717, 1.165) is 50.5 Å². The molecule has 4 aliphatic carbocycles. The van der Waals surface area contributed by atoms with E-state index in [2.05, 4.69) is 13.0 Å². The van der Waals surface area contributed by atoms with Crippen LogP contribution < -0.4 is 0 Å². The molecule has 0 saturated heterocycles. The van der Waals surface area contributed by atoms with E-state index >= 15 is 0 Å². The number of carbonyl (C=O) groups is 1. The van der Waals surface area contributed by atoms with Crippen LogP contribution in [0.4, 0.5) is 22.0 Å². The fraction of sp³-hybridized carbons (Fsp3) is 0.867. The summed E-state index contributed by atoms with van der Waals surface area (Å²) in [7, 11) is 0. The average Bonchev–Trinajstić information content (AvgIpc) is 3.13. The number of ketones is 1. The summed E-state index contributed by atoms with van der Waals surface area (Å²) in [6.07, 6.45) is 5.43. The Morgan fingerprint density at radius 2 is 1.61 bits per heavy atom. The number of alkyl halides is 5. The molecule has 3 fully saturated rings. The molecule has 1 N–H and O–H groups in total. The molecule has 0 amide bonds. The molecule has 7 atom stereocenters. The summed E-state index contributed by atoms with van der Waals surface area (Å²) in [6, 6.07) is 2.16. The van der Waals surface area contributed by atoms with Crippen molar-refractivity contribution >= 4 is 5.78 Å². The SMILES string of the molecule is C[C@]12CCC(=O)C=C1C[C@@H](CCCCCCCCC#N)[C@@H]1[C@@H]2CC[C@@]2(C)[C@H]1CC[C@@]2(O)C(F)(F)C(F)(F)F. The topological polar surface area (TPSA) is 61.1 Å². The molecule has 0 bridgehead atoms. The van der Waals surface area contributed by atoms with Gasteiger partial charge in [-0.25, -0.2) is 0 Å². The van der Waals surface area contributed by atoms with Gasteiger partial charge in [-0.15, -0.1) is 0 Å². The normalized spacial score (nSPS) is 39.1. The average molecular weight is 544 g/mol. The molecule has 0 spiro atoms. The minimum atomic E-state index is -5.80. The molecule has 38 heavy (non-hydrogen) atoms. The zero-order valence-corrected chi connectivity index (χ0v) is 22.7. The Morgan fingerprint density at radius 1 is 0.974 bits per heavy atom. The monoisotopic (exact) mass is 543 g/mol. The lowest BCUT2D eigenvalue weighted by atomic mass is 9.43. The number of allylic oxidation sites excluding steroid dienone is 1. The van der Waals surface area contributed by atoms with Gasteiger partial charge in [-0.05, 0) is 86.5 Å². The first-order valence-corrected chi connectivity index (χ1v) is 14.5. The van der Waals surface area contributed by atoms with E-state index in [1.54, 1.807) is 6.08 Å². The van der Waals surface area contributed by atoms with Gasteiger partial charge in [0, 0.05) is 18.3 Å². The molecule has 4 rings (SSSR count). The summed E-state index contributed by atoms with van der Waals surface area (Å²) >= 11 is 0. The third-order valence-electron chi connectivity index (χ3n) is 11.3. The molecule has 4 aliphatic rings. The lowest BCUT2D eigenvalue weighted by Gasteiger charge is -2.62. The van der Waals surface area contributed by atoms with Crippen molar-refractivity contribution in [3.8, 4) is 6.07 Å². The highest BCUT2D eigenvalue weighted by Gasteiger charge is 2.79. The zero-order valence-electron chi connectivity index (χ0n) is 22.7. The standard InChI is InChI=1S/C30H42F5NO2/c1-26-14-11-22(37)19-21(26)18-20(10-8-6-4-3-5-7-9-17-36)25-23(26)12-15-27(2)24(25)13-16-28(27,38)29(31,32)30(33,34)35/h19-20,23-25,38H,3-16,18H2,1-2H3/t20-,23+,24+,25-,26+,27+,28+/m1/s1. The molecular weight excluding hydrogens is 501 g/mol. The van der Waals surface area contributed by atoms with Gasteiger partial charge in [-0.2, -0.15) is 27.2 Å². The molecule has 0 aromatic carbocycles. The molecule has 3 nitrogen and oxygen atoms in total. The summed E-state index contributed by atoms with van der Waals surface area (Å²) < 4.78 is 70.5. The van der Waals surface area contributed by atoms with Crippen LogP contribution in [0.2, 0.25) is 0 Å². The molecular formula is C30H42F5NO2. The van der Waals surface area contributed by atoms with E-state index < -0.39 is 35.5 Å². The van der Waals surface area contributed by atoms with Gasteiger partial charge in [-0.1, -0.05) is 51.5 Å². The van der Waals surface area contributed by atoms with Crippen molar-refractivity contribution in [3.05, 3.63) is 11.6 Å².